The molecular formula is C12H14Cl2N2O. The highest BCUT2D eigenvalue weighted by Gasteiger charge is 2.30. The van der Waals surface area contributed by atoms with E-state index in [1.807, 2.05) is 0 Å². The minimum Gasteiger partial charge on any atom is -0.334 e. The number of likely N-dealkylation sites (tertiary alicyclic amines) is 1. The van der Waals surface area contributed by atoms with Crippen LogP contribution in [-0.2, 0) is 0 Å². The molecule has 0 spiro atoms. The smallest absolute Gasteiger partial charge is 0.257 e. The Morgan fingerprint density at radius 3 is 2.65 bits per heavy atom. The van der Waals surface area contributed by atoms with E-state index in [0.29, 0.717) is 22.2 Å². The molecule has 92 valence electrons. The molecule has 1 fully saturated rings. The van der Waals surface area contributed by atoms with Gasteiger partial charge in [0, 0.05) is 19.1 Å². The van der Waals surface area contributed by atoms with Crippen molar-refractivity contribution in [1.82, 2.24) is 4.90 Å². The van der Waals surface area contributed by atoms with Crippen molar-refractivity contribution in [3.8, 4) is 0 Å². The highest BCUT2D eigenvalue weighted by Crippen LogP contribution is 2.28. The summed E-state index contributed by atoms with van der Waals surface area (Å²) in [4.78, 5) is 14.1. The van der Waals surface area contributed by atoms with Crippen LogP contribution in [0.1, 0.15) is 23.2 Å². The fourth-order valence-electron chi connectivity index (χ4n) is 2.19. The van der Waals surface area contributed by atoms with E-state index in [2.05, 4.69) is 0 Å². The minimum atomic E-state index is -0.117. The summed E-state index contributed by atoms with van der Waals surface area (Å²) in [5.74, 6) is -0.117. The van der Waals surface area contributed by atoms with Crippen molar-refractivity contribution in [3.63, 3.8) is 0 Å². The average Bonchev–Trinajstić information content (AvgIpc) is 2.76. The molecule has 5 heteroatoms. The van der Waals surface area contributed by atoms with Crippen molar-refractivity contribution >= 4 is 29.1 Å². The van der Waals surface area contributed by atoms with Gasteiger partial charge < -0.3 is 10.6 Å². The zero-order valence-corrected chi connectivity index (χ0v) is 10.8. The first-order chi connectivity index (χ1) is 8.15. The first-order valence-electron chi connectivity index (χ1n) is 5.60. The fourth-order valence-corrected chi connectivity index (χ4v) is 2.75. The molecule has 1 aliphatic heterocycles. The topological polar surface area (TPSA) is 46.3 Å². The van der Waals surface area contributed by atoms with E-state index in [4.69, 9.17) is 28.9 Å². The molecule has 1 aromatic carbocycles. The predicted octanol–water partition coefficient (Wildman–Crippen LogP) is 2.56. The highest BCUT2D eigenvalue weighted by atomic mass is 35.5. The number of nitrogens with zero attached hydrogens (tertiary/aromatic N) is 1. The molecule has 0 saturated carbocycles. The Bertz CT molecular complexity index is 416. The summed E-state index contributed by atoms with van der Waals surface area (Å²) in [6.07, 6.45) is 1.93. The van der Waals surface area contributed by atoms with Crippen molar-refractivity contribution < 1.29 is 4.79 Å². The first kappa shape index (κ1) is 12.7. The van der Waals surface area contributed by atoms with Crippen molar-refractivity contribution in [2.75, 3.05) is 13.1 Å². The lowest BCUT2D eigenvalue weighted by Gasteiger charge is -2.24. The fraction of sp³-hybridized carbons (Fsp3) is 0.417. The van der Waals surface area contributed by atoms with Crippen LogP contribution >= 0.6 is 23.2 Å². The monoisotopic (exact) mass is 272 g/mol. The Kier molecular flexibility index (Phi) is 3.92. The lowest BCUT2D eigenvalue weighted by atomic mass is 10.1. The number of carbonyl (C=O) groups excluding carboxylic acids is 1. The second-order valence-electron chi connectivity index (χ2n) is 4.13. The quantitative estimate of drug-likeness (QED) is 0.900. The third-order valence-corrected chi connectivity index (χ3v) is 3.72. The van der Waals surface area contributed by atoms with Crippen molar-refractivity contribution in [2.45, 2.75) is 18.9 Å². The highest BCUT2D eigenvalue weighted by molar-refractivity contribution is 6.39. The molecule has 2 rings (SSSR count). The summed E-state index contributed by atoms with van der Waals surface area (Å²) in [7, 11) is 0. The zero-order chi connectivity index (χ0) is 12.4. The number of hydrogen-bond acceptors (Lipinski definition) is 2. The lowest BCUT2D eigenvalue weighted by molar-refractivity contribution is 0.0741. The Morgan fingerprint density at radius 1 is 1.41 bits per heavy atom. The van der Waals surface area contributed by atoms with Crippen LogP contribution in [0.3, 0.4) is 0 Å². The molecule has 1 unspecified atom stereocenters. The number of halogens is 2. The number of nitrogens with two attached hydrogens (primary N) is 1. The molecule has 0 bridgehead atoms. The molecule has 2 N–H and O–H groups in total. The van der Waals surface area contributed by atoms with Crippen molar-refractivity contribution in [3.05, 3.63) is 33.8 Å². The lowest BCUT2D eigenvalue weighted by Crippen LogP contribution is -2.40. The van der Waals surface area contributed by atoms with E-state index in [0.717, 1.165) is 19.4 Å². The molecule has 1 saturated heterocycles. The van der Waals surface area contributed by atoms with Gasteiger partial charge >= 0.3 is 0 Å². The maximum absolute atomic E-state index is 12.4. The van der Waals surface area contributed by atoms with E-state index in [1.54, 1.807) is 23.1 Å². The molecule has 0 radical (unpaired) electrons. The minimum absolute atomic E-state index is 0.106. The summed E-state index contributed by atoms with van der Waals surface area (Å²) in [5.41, 5.74) is 6.04. The van der Waals surface area contributed by atoms with E-state index in [-0.39, 0.29) is 11.9 Å². The number of carbonyl (C=O) groups is 1. The summed E-state index contributed by atoms with van der Waals surface area (Å²) in [6.45, 7) is 1.20. The Morgan fingerprint density at radius 2 is 2.06 bits per heavy atom. The maximum atomic E-state index is 12.4. The molecule has 1 amide bonds. The largest absolute Gasteiger partial charge is 0.334 e. The number of amides is 1. The normalized spacial score (nSPS) is 19.7. The molecule has 1 heterocycles. The van der Waals surface area contributed by atoms with Crippen molar-refractivity contribution in [2.24, 2.45) is 5.73 Å². The van der Waals surface area contributed by atoms with Gasteiger partial charge in [-0.3, -0.25) is 4.79 Å². The van der Waals surface area contributed by atoms with Crippen LogP contribution in [0.5, 0.6) is 0 Å². The van der Waals surface area contributed by atoms with Gasteiger partial charge in [0.1, 0.15) is 0 Å². The van der Waals surface area contributed by atoms with Crippen LogP contribution in [0.2, 0.25) is 10.0 Å². The second kappa shape index (κ2) is 5.25. The average molecular weight is 273 g/mol. The Hall–Kier alpha value is -0.770. The van der Waals surface area contributed by atoms with Gasteiger partial charge in [-0.05, 0) is 25.0 Å². The molecule has 0 aromatic heterocycles. The van der Waals surface area contributed by atoms with Crippen LogP contribution in [0, 0.1) is 0 Å². The molecule has 1 aliphatic rings. The van der Waals surface area contributed by atoms with E-state index in [9.17, 15) is 4.79 Å². The SMILES string of the molecule is NCC1CCCN1C(=O)c1c(Cl)cccc1Cl. The molecule has 3 nitrogen and oxygen atoms in total. The van der Waals surface area contributed by atoms with E-state index in [1.165, 1.54) is 0 Å². The van der Waals surface area contributed by atoms with Gasteiger partial charge in [-0.25, -0.2) is 0 Å². The second-order valence-corrected chi connectivity index (χ2v) is 4.94. The van der Waals surface area contributed by atoms with Crippen LogP contribution < -0.4 is 5.73 Å². The van der Waals surface area contributed by atoms with E-state index < -0.39 is 0 Å². The van der Waals surface area contributed by atoms with Gasteiger partial charge in [0.25, 0.3) is 5.91 Å². The predicted molar refractivity (Wildman–Crippen MR) is 69.6 cm³/mol. The number of benzene rings is 1. The summed E-state index contributed by atoms with van der Waals surface area (Å²) >= 11 is 12.1. The van der Waals surface area contributed by atoms with Gasteiger partial charge in [-0.2, -0.15) is 0 Å². The van der Waals surface area contributed by atoms with E-state index >= 15 is 0 Å². The van der Waals surface area contributed by atoms with Gasteiger partial charge in [0.15, 0.2) is 0 Å². The van der Waals surface area contributed by atoms with Crippen LogP contribution in [0.4, 0.5) is 0 Å². The van der Waals surface area contributed by atoms with Crippen LogP contribution in [0.15, 0.2) is 18.2 Å². The summed E-state index contributed by atoms with van der Waals surface area (Å²) in [6, 6.07) is 5.18. The molecule has 1 atom stereocenters. The molecule has 17 heavy (non-hydrogen) atoms. The van der Waals surface area contributed by atoms with Gasteiger partial charge in [0.05, 0.1) is 15.6 Å². The summed E-state index contributed by atoms with van der Waals surface area (Å²) in [5, 5.41) is 0.787. The van der Waals surface area contributed by atoms with Gasteiger partial charge in [0.2, 0.25) is 0 Å². The third kappa shape index (κ3) is 2.41. The van der Waals surface area contributed by atoms with Gasteiger partial charge in [-0.15, -0.1) is 0 Å². The number of hydrogen-bond donors (Lipinski definition) is 1. The molecule has 1 aromatic rings. The van der Waals surface area contributed by atoms with Crippen LogP contribution in [0.25, 0.3) is 0 Å². The standard InChI is InChI=1S/C12H14Cl2N2O/c13-9-4-1-5-10(14)11(9)12(17)16-6-2-3-8(16)7-15/h1,4-5,8H,2-3,6-7,15H2. The number of rotatable bonds is 2. The van der Waals surface area contributed by atoms with Crippen molar-refractivity contribution in [1.29, 1.82) is 0 Å². The zero-order valence-electron chi connectivity index (χ0n) is 9.33. The first-order valence-corrected chi connectivity index (χ1v) is 6.35. The Labute approximate surface area is 110 Å². The third-order valence-electron chi connectivity index (χ3n) is 3.09. The van der Waals surface area contributed by atoms with Gasteiger partial charge in [-0.1, -0.05) is 29.3 Å². The Balaban J connectivity index is 2.31. The maximum Gasteiger partial charge on any atom is 0.257 e. The van der Waals surface area contributed by atoms with Crippen LogP contribution in [-0.4, -0.2) is 29.9 Å². The summed E-state index contributed by atoms with van der Waals surface area (Å²) < 4.78 is 0. The molecule has 0 aliphatic carbocycles. The molecular weight excluding hydrogens is 259 g/mol.